The SMILES string of the molecule is CCC(c1ccccc1)c1nnc(SCOC)o1. The number of aromatic nitrogens is 2. The van der Waals surface area contributed by atoms with E-state index in [1.165, 1.54) is 17.3 Å². The Kier molecular flexibility index (Phi) is 4.78. The highest BCUT2D eigenvalue weighted by Crippen LogP contribution is 2.28. The molecule has 0 saturated heterocycles. The molecule has 1 atom stereocenters. The van der Waals surface area contributed by atoms with E-state index < -0.39 is 0 Å². The quantitative estimate of drug-likeness (QED) is 0.591. The molecule has 0 aliphatic carbocycles. The van der Waals surface area contributed by atoms with E-state index in [1.807, 2.05) is 18.2 Å². The Labute approximate surface area is 111 Å². The lowest BCUT2D eigenvalue weighted by molar-refractivity contribution is 0.257. The van der Waals surface area contributed by atoms with E-state index in [2.05, 4.69) is 29.3 Å². The van der Waals surface area contributed by atoms with Crippen LogP contribution in [0.4, 0.5) is 0 Å². The smallest absolute Gasteiger partial charge is 0.278 e. The first kappa shape index (κ1) is 13.1. The van der Waals surface area contributed by atoms with Crippen LogP contribution in [0, 0.1) is 0 Å². The van der Waals surface area contributed by atoms with Crippen molar-refractivity contribution in [3.63, 3.8) is 0 Å². The molecule has 0 N–H and O–H groups in total. The first-order valence-electron chi connectivity index (χ1n) is 5.85. The van der Waals surface area contributed by atoms with Crippen molar-refractivity contribution < 1.29 is 9.15 Å². The maximum atomic E-state index is 5.65. The molecule has 1 unspecified atom stereocenters. The summed E-state index contributed by atoms with van der Waals surface area (Å²) in [6.45, 7) is 2.11. The van der Waals surface area contributed by atoms with E-state index in [0.29, 0.717) is 17.1 Å². The largest absolute Gasteiger partial charge is 0.415 e. The van der Waals surface area contributed by atoms with Gasteiger partial charge >= 0.3 is 0 Å². The van der Waals surface area contributed by atoms with Gasteiger partial charge in [0.05, 0.1) is 5.92 Å². The van der Waals surface area contributed by atoms with Gasteiger partial charge in [-0.3, -0.25) is 0 Å². The maximum Gasteiger partial charge on any atom is 0.278 e. The number of ether oxygens (including phenoxy) is 1. The average Bonchev–Trinajstić information content (AvgIpc) is 2.87. The number of rotatable bonds is 6. The van der Waals surface area contributed by atoms with Crippen molar-refractivity contribution in [2.75, 3.05) is 13.0 Å². The molecule has 2 rings (SSSR count). The molecule has 18 heavy (non-hydrogen) atoms. The number of benzene rings is 1. The van der Waals surface area contributed by atoms with Crippen molar-refractivity contribution in [2.45, 2.75) is 24.5 Å². The lowest BCUT2D eigenvalue weighted by atomic mass is 9.97. The Morgan fingerprint density at radius 3 is 2.72 bits per heavy atom. The summed E-state index contributed by atoms with van der Waals surface area (Å²) in [6, 6.07) is 10.2. The number of methoxy groups -OCH3 is 1. The summed E-state index contributed by atoms with van der Waals surface area (Å²) in [6.07, 6.45) is 0.931. The van der Waals surface area contributed by atoms with Crippen LogP contribution in [0.2, 0.25) is 0 Å². The van der Waals surface area contributed by atoms with Gasteiger partial charge < -0.3 is 9.15 Å². The molecular weight excluding hydrogens is 248 g/mol. The second-order valence-corrected chi connectivity index (χ2v) is 4.70. The Hall–Kier alpha value is -1.33. The van der Waals surface area contributed by atoms with Gasteiger partial charge in [-0.15, -0.1) is 10.2 Å². The molecule has 0 aliphatic heterocycles. The van der Waals surface area contributed by atoms with Gasteiger partial charge in [-0.25, -0.2) is 0 Å². The Morgan fingerprint density at radius 2 is 2.06 bits per heavy atom. The van der Waals surface area contributed by atoms with Gasteiger partial charge in [0.15, 0.2) is 0 Å². The monoisotopic (exact) mass is 264 g/mol. The van der Waals surface area contributed by atoms with E-state index in [9.17, 15) is 0 Å². The molecule has 0 aliphatic rings. The van der Waals surface area contributed by atoms with Crippen molar-refractivity contribution in [3.05, 3.63) is 41.8 Å². The second-order valence-electron chi connectivity index (χ2n) is 3.83. The Morgan fingerprint density at radius 1 is 1.28 bits per heavy atom. The van der Waals surface area contributed by atoms with Crippen molar-refractivity contribution in [1.82, 2.24) is 10.2 Å². The second kappa shape index (κ2) is 6.56. The van der Waals surface area contributed by atoms with E-state index in [4.69, 9.17) is 9.15 Å². The fourth-order valence-corrected chi connectivity index (χ4v) is 2.23. The van der Waals surface area contributed by atoms with E-state index in [-0.39, 0.29) is 5.92 Å². The molecule has 0 amide bonds. The fraction of sp³-hybridized carbons (Fsp3) is 0.385. The van der Waals surface area contributed by atoms with E-state index in [1.54, 1.807) is 7.11 Å². The highest BCUT2D eigenvalue weighted by atomic mass is 32.2. The molecule has 5 heteroatoms. The lowest BCUT2D eigenvalue weighted by Gasteiger charge is -2.09. The molecular formula is C13H16N2O2S. The minimum atomic E-state index is 0.163. The van der Waals surface area contributed by atoms with Gasteiger partial charge in [0, 0.05) is 7.11 Å². The first-order valence-corrected chi connectivity index (χ1v) is 6.83. The topological polar surface area (TPSA) is 48.2 Å². The molecule has 96 valence electrons. The summed E-state index contributed by atoms with van der Waals surface area (Å²) in [5.41, 5.74) is 1.20. The zero-order valence-electron chi connectivity index (χ0n) is 10.5. The van der Waals surface area contributed by atoms with Crippen LogP contribution in [0.15, 0.2) is 40.0 Å². The van der Waals surface area contributed by atoms with Crippen LogP contribution in [0.25, 0.3) is 0 Å². The number of nitrogens with zero attached hydrogens (tertiary/aromatic N) is 2. The van der Waals surface area contributed by atoms with Crippen LogP contribution >= 0.6 is 11.8 Å². The van der Waals surface area contributed by atoms with Crippen molar-refractivity contribution in [1.29, 1.82) is 0 Å². The minimum Gasteiger partial charge on any atom is -0.415 e. The van der Waals surface area contributed by atoms with Gasteiger partial charge in [0.2, 0.25) is 5.89 Å². The summed E-state index contributed by atoms with van der Waals surface area (Å²) >= 11 is 1.40. The van der Waals surface area contributed by atoms with Crippen LogP contribution in [0.1, 0.15) is 30.7 Å². The predicted molar refractivity (Wildman–Crippen MR) is 70.6 cm³/mol. The maximum absolute atomic E-state index is 5.65. The van der Waals surface area contributed by atoms with E-state index in [0.717, 1.165) is 6.42 Å². The van der Waals surface area contributed by atoms with Gasteiger partial charge in [0.1, 0.15) is 5.94 Å². The molecule has 0 spiro atoms. The zero-order chi connectivity index (χ0) is 12.8. The summed E-state index contributed by atoms with van der Waals surface area (Å²) in [5.74, 6) is 1.35. The standard InChI is InChI=1S/C13H16N2O2S/c1-3-11(10-7-5-4-6-8-10)12-14-15-13(17-12)18-9-16-2/h4-8,11H,3,9H2,1-2H3. The van der Waals surface area contributed by atoms with Crippen LogP contribution < -0.4 is 0 Å². The summed E-state index contributed by atoms with van der Waals surface area (Å²) in [7, 11) is 1.64. The van der Waals surface area contributed by atoms with Gasteiger partial charge in [-0.1, -0.05) is 37.3 Å². The van der Waals surface area contributed by atoms with Gasteiger partial charge in [-0.05, 0) is 23.7 Å². The summed E-state index contributed by atoms with van der Waals surface area (Å²) in [4.78, 5) is 0. The molecule has 0 radical (unpaired) electrons. The highest BCUT2D eigenvalue weighted by Gasteiger charge is 2.18. The molecule has 0 saturated carbocycles. The van der Waals surface area contributed by atoms with Crippen LogP contribution in [0.5, 0.6) is 0 Å². The Balaban J connectivity index is 2.15. The molecule has 1 heterocycles. The molecule has 1 aromatic heterocycles. The molecule has 2 aromatic rings. The lowest BCUT2D eigenvalue weighted by Crippen LogP contribution is -1.99. The highest BCUT2D eigenvalue weighted by molar-refractivity contribution is 7.98. The molecule has 0 fully saturated rings. The van der Waals surface area contributed by atoms with Crippen molar-refractivity contribution in [2.24, 2.45) is 0 Å². The Bertz CT molecular complexity index is 473. The molecule has 0 bridgehead atoms. The van der Waals surface area contributed by atoms with Crippen LogP contribution in [-0.4, -0.2) is 23.2 Å². The molecule has 1 aromatic carbocycles. The predicted octanol–water partition coefficient (Wildman–Crippen LogP) is 3.31. The normalized spacial score (nSPS) is 12.6. The number of thioether (sulfide) groups is 1. The summed E-state index contributed by atoms with van der Waals surface area (Å²) in [5, 5.41) is 8.69. The third kappa shape index (κ3) is 3.11. The number of hydrogen-bond donors (Lipinski definition) is 0. The van der Waals surface area contributed by atoms with Crippen molar-refractivity contribution >= 4 is 11.8 Å². The van der Waals surface area contributed by atoms with Crippen LogP contribution in [-0.2, 0) is 4.74 Å². The summed E-state index contributed by atoms with van der Waals surface area (Å²) < 4.78 is 10.6. The van der Waals surface area contributed by atoms with Crippen molar-refractivity contribution in [3.8, 4) is 0 Å². The van der Waals surface area contributed by atoms with Gasteiger partial charge in [-0.2, -0.15) is 0 Å². The first-order chi connectivity index (χ1) is 8.85. The van der Waals surface area contributed by atoms with E-state index >= 15 is 0 Å². The molecule has 4 nitrogen and oxygen atoms in total. The average molecular weight is 264 g/mol. The third-order valence-electron chi connectivity index (χ3n) is 2.63. The minimum absolute atomic E-state index is 0.163. The number of hydrogen-bond acceptors (Lipinski definition) is 5. The third-order valence-corrected chi connectivity index (χ3v) is 3.40. The van der Waals surface area contributed by atoms with Crippen LogP contribution in [0.3, 0.4) is 0 Å². The fourth-order valence-electron chi connectivity index (χ4n) is 1.77. The zero-order valence-corrected chi connectivity index (χ0v) is 11.3. The van der Waals surface area contributed by atoms with Gasteiger partial charge in [0.25, 0.3) is 5.22 Å².